The molecule has 2 aromatic heterocycles. The molecule has 136 valence electrons. The first-order valence-electron chi connectivity index (χ1n) is 8.22. The van der Waals surface area contributed by atoms with Crippen LogP contribution in [0.3, 0.4) is 0 Å². The van der Waals surface area contributed by atoms with Crippen molar-refractivity contribution in [3.8, 4) is 16.6 Å². The molecule has 0 saturated heterocycles. The van der Waals surface area contributed by atoms with E-state index in [9.17, 15) is 4.79 Å². The number of rotatable bonds is 7. The van der Waals surface area contributed by atoms with Crippen molar-refractivity contribution in [2.75, 3.05) is 20.8 Å². The molecule has 0 spiro atoms. The van der Waals surface area contributed by atoms with Gasteiger partial charge in [-0.2, -0.15) is 0 Å². The van der Waals surface area contributed by atoms with E-state index < -0.39 is 0 Å². The standard InChI is InChI=1S/C19H21N3O3S/c1-13-17(26-19(21-13)22-10-4-5-11-22)18(23)20-9-8-14-12-15(24-2)6-7-16(14)25-3/h4-7,10-12H,8-9H2,1-3H3,(H,20,23). The van der Waals surface area contributed by atoms with Crippen molar-refractivity contribution in [2.45, 2.75) is 13.3 Å². The lowest BCUT2D eigenvalue weighted by Gasteiger charge is -2.11. The Labute approximate surface area is 156 Å². The topological polar surface area (TPSA) is 65.4 Å². The lowest BCUT2D eigenvalue weighted by atomic mass is 10.1. The van der Waals surface area contributed by atoms with Crippen molar-refractivity contribution in [3.63, 3.8) is 0 Å². The van der Waals surface area contributed by atoms with Crippen LogP contribution in [0, 0.1) is 6.92 Å². The Morgan fingerprint density at radius 1 is 1.23 bits per heavy atom. The number of carbonyl (C=O) groups is 1. The van der Waals surface area contributed by atoms with E-state index >= 15 is 0 Å². The summed E-state index contributed by atoms with van der Waals surface area (Å²) in [5.74, 6) is 1.44. The highest BCUT2D eigenvalue weighted by atomic mass is 32.1. The van der Waals surface area contributed by atoms with E-state index in [1.807, 2.05) is 54.2 Å². The van der Waals surface area contributed by atoms with E-state index in [0.29, 0.717) is 17.8 Å². The Hall–Kier alpha value is -2.80. The first-order valence-corrected chi connectivity index (χ1v) is 9.04. The van der Waals surface area contributed by atoms with Crippen molar-refractivity contribution in [1.82, 2.24) is 14.9 Å². The second-order valence-corrected chi connectivity index (χ2v) is 6.66. The SMILES string of the molecule is COc1ccc(OC)c(CCNC(=O)c2sc(-n3cccc3)nc2C)c1. The zero-order valence-corrected chi connectivity index (χ0v) is 15.8. The number of carbonyl (C=O) groups excluding carboxylic acids is 1. The fourth-order valence-electron chi connectivity index (χ4n) is 2.63. The molecule has 0 aliphatic rings. The molecule has 0 fully saturated rings. The minimum Gasteiger partial charge on any atom is -0.497 e. The smallest absolute Gasteiger partial charge is 0.263 e. The fourth-order valence-corrected chi connectivity index (χ4v) is 3.58. The van der Waals surface area contributed by atoms with Crippen LogP contribution in [0.15, 0.2) is 42.7 Å². The summed E-state index contributed by atoms with van der Waals surface area (Å²) in [6.07, 6.45) is 4.47. The van der Waals surface area contributed by atoms with E-state index in [1.54, 1.807) is 14.2 Å². The largest absolute Gasteiger partial charge is 0.497 e. The second kappa shape index (κ2) is 8.05. The first kappa shape index (κ1) is 18.0. The van der Waals surface area contributed by atoms with Gasteiger partial charge in [-0.3, -0.25) is 4.79 Å². The highest BCUT2D eigenvalue weighted by molar-refractivity contribution is 7.16. The summed E-state index contributed by atoms with van der Waals surface area (Å²) in [4.78, 5) is 17.6. The molecule has 0 aliphatic heterocycles. The van der Waals surface area contributed by atoms with Gasteiger partial charge in [0.1, 0.15) is 16.4 Å². The average Bonchev–Trinajstić information content (AvgIpc) is 3.31. The van der Waals surface area contributed by atoms with E-state index in [2.05, 4.69) is 10.3 Å². The Morgan fingerprint density at radius 3 is 2.69 bits per heavy atom. The van der Waals surface area contributed by atoms with Gasteiger partial charge >= 0.3 is 0 Å². The van der Waals surface area contributed by atoms with Crippen LogP contribution in [0.5, 0.6) is 11.5 Å². The zero-order chi connectivity index (χ0) is 18.5. The molecule has 1 aromatic carbocycles. The van der Waals surface area contributed by atoms with Gasteiger partial charge in [0, 0.05) is 18.9 Å². The second-order valence-electron chi connectivity index (χ2n) is 5.68. The molecule has 0 aliphatic carbocycles. The predicted octanol–water partition coefficient (Wildman–Crippen LogP) is 3.23. The molecule has 0 atom stereocenters. The number of nitrogens with one attached hydrogen (secondary N) is 1. The van der Waals surface area contributed by atoms with Gasteiger partial charge < -0.3 is 19.4 Å². The number of hydrogen-bond donors (Lipinski definition) is 1. The molecular weight excluding hydrogens is 350 g/mol. The molecule has 0 saturated carbocycles. The average molecular weight is 371 g/mol. The monoisotopic (exact) mass is 371 g/mol. The number of nitrogens with zero attached hydrogens (tertiary/aromatic N) is 2. The maximum atomic E-state index is 12.5. The molecule has 0 unspecified atom stereocenters. The third-order valence-corrected chi connectivity index (χ3v) is 5.15. The summed E-state index contributed by atoms with van der Waals surface area (Å²) < 4.78 is 12.5. The molecule has 0 radical (unpaired) electrons. The number of benzene rings is 1. The molecule has 0 bridgehead atoms. The van der Waals surface area contributed by atoms with Crippen LogP contribution in [-0.2, 0) is 6.42 Å². The number of hydrogen-bond acceptors (Lipinski definition) is 5. The van der Waals surface area contributed by atoms with Crippen LogP contribution in [0.2, 0.25) is 0 Å². The zero-order valence-electron chi connectivity index (χ0n) is 15.0. The summed E-state index contributed by atoms with van der Waals surface area (Å²) in [7, 11) is 3.26. The maximum absolute atomic E-state index is 12.5. The van der Waals surface area contributed by atoms with Crippen LogP contribution in [0.25, 0.3) is 5.13 Å². The van der Waals surface area contributed by atoms with Crippen LogP contribution in [0.4, 0.5) is 0 Å². The lowest BCUT2D eigenvalue weighted by molar-refractivity contribution is 0.0957. The van der Waals surface area contributed by atoms with Gasteiger partial charge in [-0.05, 0) is 49.2 Å². The van der Waals surface area contributed by atoms with Crippen molar-refractivity contribution in [2.24, 2.45) is 0 Å². The Morgan fingerprint density at radius 2 is 2.00 bits per heavy atom. The number of methoxy groups -OCH3 is 2. The number of amides is 1. The minimum absolute atomic E-state index is 0.111. The highest BCUT2D eigenvalue weighted by Crippen LogP contribution is 2.24. The third-order valence-electron chi connectivity index (χ3n) is 3.98. The van der Waals surface area contributed by atoms with Gasteiger partial charge in [0.25, 0.3) is 5.91 Å². The maximum Gasteiger partial charge on any atom is 0.263 e. The highest BCUT2D eigenvalue weighted by Gasteiger charge is 2.16. The normalized spacial score (nSPS) is 10.6. The van der Waals surface area contributed by atoms with E-state index in [1.165, 1.54) is 11.3 Å². The molecule has 3 aromatic rings. The molecule has 1 amide bonds. The van der Waals surface area contributed by atoms with Crippen molar-refractivity contribution < 1.29 is 14.3 Å². The number of aryl methyl sites for hydroxylation is 1. The predicted molar refractivity (Wildman–Crippen MR) is 102 cm³/mol. The Kier molecular flexibility index (Phi) is 5.58. The van der Waals surface area contributed by atoms with Gasteiger partial charge in [-0.1, -0.05) is 11.3 Å². The number of thiazole rings is 1. The quantitative estimate of drug-likeness (QED) is 0.692. The Balaban J connectivity index is 1.65. The molecule has 1 N–H and O–H groups in total. The fraction of sp³-hybridized carbons (Fsp3) is 0.263. The van der Waals surface area contributed by atoms with Gasteiger partial charge in [0.15, 0.2) is 5.13 Å². The summed E-state index contributed by atoms with van der Waals surface area (Å²) in [5.41, 5.74) is 1.72. The summed E-state index contributed by atoms with van der Waals surface area (Å²) in [6.45, 7) is 2.35. The molecule has 7 heteroatoms. The van der Waals surface area contributed by atoms with Crippen LogP contribution in [0.1, 0.15) is 20.9 Å². The van der Waals surface area contributed by atoms with Crippen LogP contribution >= 0.6 is 11.3 Å². The molecule has 3 rings (SSSR count). The van der Waals surface area contributed by atoms with E-state index in [4.69, 9.17) is 9.47 Å². The van der Waals surface area contributed by atoms with Gasteiger partial charge in [-0.25, -0.2) is 4.98 Å². The number of aromatic nitrogens is 2. The number of ether oxygens (including phenoxy) is 2. The lowest BCUT2D eigenvalue weighted by Crippen LogP contribution is -2.25. The van der Waals surface area contributed by atoms with Gasteiger partial charge in [0.2, 0.25) is 0 Å². The molecular formula is C19H21N3O3S. The molecule has 2 heterocycles. The van der Waals surface area contributed by atoms with Crippen LogP contribution in [-0.4, -0.2) is 36.2 Å². The first-order chi connectivity index (χ1) is 12.6. The minimum atomic E-state index is -0.111. The third kappa shape index (κ3) is 3.88. The van der Waals surface area contributed by atoms with Gasteiger partial charge in [-0.15, -0.1) is 0 Å². The van der Waals surface area contributed by atoms with E-state index in [-0.39, 0.29) is 5.91 Å². The van der Waals surface area contributed by atoms with Crippen molar-refractivity contribution >= 4 is 17.2 Å². The Bertz CT molecular complexity index is 888. The van der Waals surface area contributed by atoms with Crippen molar-refractivity contribution in [3.05, 3.63) is 58.9 Å². The van der Waals surface area contributed by atoms with Gasteiger partial charge in [0.05, 0.1) is 19.9 Å². The summed E-state index contributed by atoms with van der Waals surface area (Å²) in [6, 6.07) is 9.50. The molecule has 26 heavy (non-hydrogen) atoms. The van der Waals surface area contributed by atoms with Crippen LogP contribution < -0.4 is 14.8 Å². The summed E-state index contributed by atoms with van der Waals surface area (Å²) in [5, 5.41) is 3.75. The van der Waals surface area contributed by atoms with Crippen molar-refractivity contribution in [1.29, 1.82) is 0 Å². The van der Waals surface area contributed by atoms with E-state index in [0.717, 1.165) is 27.9 Å². The molecule has 6 nitrogen and oxygen atoms in total. The summed E-state index contributed by atoms with van der Waals surface area (Å²) >= 11 is 1.38.